The van der Waals surface area contributed by atoms with Crippen LogP contribution in [0, 0.1) is 0 Å². The molecule has 0 spiro atoms. The highest BCUT2D eigenvalue weighted by Crippen LogP contribution is 2.35. The SMILES string of the molecule is CCOc1ccc2c(c1)O/C(=C\c1ccc(OCC(=O)O)c(Cl)c1)C2=O. The Morgan fingerprint density at radius 3 is 2.73 bits per heavy atom. The molecule has 0 radical (unpaired) electrons. The Hall–Kier alpha value is -2.99. The lowest BCUT2D eigenvalue weighted by molar-refractivity contribution is -0.139. The van der Waals surface area contributed by atoms with Gasteiger partial charge in [-0.25, -0.2) is 4.79 Å². The summed E-state index contributed by atoms with van der Waals surface area (Å²) in [6.07, 6.45) is 1.57. The highest BCUT2D eigenvalue weighted by atomic mass is 35.5. The largest absolute Gasteiger partial charge is 0.494 e. The molecule has 2 aromatic carbocycles. The molecule has 0 aromatic heterocycles. The number of benzene rings is 2. The van der Waals surface area contributed by atoms with E-state index in [1.165, 1.54) is 6.07 Å². The van der Waals surface area contributed by atoms with Crippen molar-refractivity contribution in [1.29, 1.82) is 0 Å². The third-order valence-corrected chi connectivity index (χ3v) is 3.85. The maximum Gasteiger partial charge on any atom is 0.341 e. The summed E-state index contributed by atoms with van der Waals surface area (Å²) >= 11 is 6.09. The zero-order valence-corrected chi connectivity index (χ0v) is 14.6. The molecule has 0 atom stereocenters. The molecule has 1 aliphatic heterocycles. The number of carboxylic acids is 1. The molecule has 0 aliphatic carbocycles. The Bertz CT molecular complexity index is 903. The number of carboxylic acid groups (broad SMARTS) is 1. The lowest BCUT2D eigenvalue weighted by atomic mass is 10.1. The molecular weight excluding hydrogens is 360 g/mol. The maximum atomic E-state index is 12.4. The molecule has 0 amide bonds. The fraction of sp³-hybridized carbons (Fsp3) is 0.158. The second kappa shape index (κ2) is 7.49. The van der Waals surface area contributed by atoms with E-state index < -0.39 is 12.6 Å². The molecular formula is C19H15ClO6. The average Bonchev–Trinajstić information content (AvgIpc) is 2.90. The Morgan fingerprint density at radius 1 is 1.23 bits per heavy atom. The van der Waals surface area contributed by atoms with Crippen LogP contribution in [0.25, 0.3) is 6.08 Å². The van der Waals surface area contributed by atoms with Crippen LogP contribution < -0.4 is 14.2 Å². The van der Waals surface area contributed by atoms with Crippen molar-refractivity contribution in [3.63, 3.8) is 0 Å². The van der Waals surface area contributed by atoms with E-state index in [9.17, 15) is 9.59 Å². The van der Waals surface area contributed by atoms with Crippen molar-refractivity contribution in [3.05, 3.63) is 58.3 Å². The minimum absolute atomic E-state index is 0.170. The second-order valence-corrected chi connectivity index (χ2v) is 5.81. The lowest BCUT2D eigenvalue weighted by Crippen LogP contribution is -2.09. The van der Waals surface area contributed by atoms with Gasteiger partial charge in [0.25, 0.3) is 0 Å². The molecule has 6 nitrogen and oxygen atoms in total. The zero-order valence-electron chi connectivity index (χ0n) is 13.8. The monoisotopic (exact) mass is 374 g/mol. The summed E-state index contributed by atoms with van der Waals surface area (Å²) in [5.74, 6) is 0.165. The van der Waals surface area contributed by atoms with E-state index in [1.54, 1.807) is 36.4 Å². The van der Waals surface area contributed by atoms with Gasteiger partial charge in [-0.05, 0) is 42.8 Å². The van der Waals surface area contributed by atoms with Gasteiger partial charge in [-0.1, -0.05) is 17.7 Å². The number of ketones is 1. The first-order chi connectivity index (χ1) is 12.5. The van der Waals surface area contributed by atoms with Crippen molar-refractivity contribution in [1.82, 2.24) is 0 Å². The molecule has 0 fully saturated rings. The van der Waals surface area contributed by atoms with Crippen LogP contribution in [0.1, 0.15) is 22.8 Å². The van der Waals surface area contributed by atoms with Gasteiger partial charge in [0.1, 0.15) is 17.2 Å². The van der Waals surface area contributed by atoms with E-state index in [0.29, 0.717) is 29.2 Å². The summed E-state index contributed by atoms with van der Waals surface area (Å²) in [6, 6.07) is 9.82. The summed E-state index contributed by atoms with van der Waals surface area (Å²) in [4.78, 5) is 23.0. The van der Waals surface area contributed by atoms with Gasteiger partial charge in [-0.3, -0.25) is 4.79 Å². The predicted octanol–water partition coefficient (Wildman–Crippen LogP) is 3.82. The fourth-order valence-corrected chi connectivity index (χ4v) is 2.68. The maximum absolute atomic E-state index is 12.4. The topological polar surface area (TPSA) is 82.1 Å². The van der Waals surface area contributed by atoms with Crippen LogP contribution in [0.4, 0.5) is 0 Å². The summed E-state index contributed by atoms with van der Waals surface area (Å²) in [7, 11) is 0. The number of carbonyl (C=O) groups is 2. The van der Waals surface area contributed by atoms with Crippen molar-refractivity contribution < 1.29 is 28.9 Å². The molecule has 2 aromatic rings. The van der Waals surface area contributed by atoms with Crippen LogP contribution in [-0.4, -0.2) is 30.1 Å². The highest BCUT2D eigenvalue weighted by Gasteiger charge is 2.27. The van der Waals surface area contributed by atoms with Gasteiger partial charge in [-0.2, -0.15) is 0 Å². The number of hydrogen-bond donors (Lipinski definition) is 1. The van der Waals surface area contributed by atoms with Crippen LogP contribution in [0.3, 0.4) is 0 Å². The third kappa shape index (κ3) is 3.81. The van der Waals surface area contributed by atoms with E-state index in [-0.39, 0.29) is 22.3 Å². The van der Waals surface area contributed by atoms with Crippen molar-refractivity contribution >= 4 is 29.4 Å². The van der Waals surface area contributed by atoms with Gasteiger partial charge < -0.3 is 19.3 Å². The van der Waals surface area contributed by atoms with Crippen LogP contribution in [0.15, 0.2) is 42.2 Å². The fourth-order valence-electron chi connectivity index (χ4n) is 2.44. The van der Waals surface area contributed by atoms with Crippen molar-refractivity contribution in [2.45, 2.75) is 6.92 Å². The second-order valence-electron chi connectivity index (χ2n) is 5.40. The average molecular weight is 375 g/mol. The Balaban J connectivity index is 1.81. The van der Waals surface area contributed by atoms with E-state index in [2.05, 4.69) is 0 Å². The molecule has 0 saturated carbocycles. The zero-order chi connectivity index (χ0) is 18.7. The Labute approximate surface area is 154 Å². The van der Waals surface area contributed by atoms with Crippen molar-refractivity contribution in [3.8, 4) is 17.2 Å². The Kier molecular flexibility index (Phi) is 5.14. The van der Waals surface area contributed by atoms with Gasteiger partial charge in [0.15, 0.2) is 12.4 Å². The normalized spacial score (nSPS) is 14.1. The van der Waals surface area contributed by atoms with E-state index in [1.807, 2.05) is 6.92 Å². The first-order valence-electron chi connectivity index (χ1n) is 7.83. The van der Waals surface area contributed by atoms with Crippen molar-refractivity contribution in [2.24, 2.45) is 0 Å². The minimum atomic E-state index is -1.10. The van der Waals surface area contributed by atoms with Crippen molar-refractivity contribution in [2.75, 3.05) is 13.2 Å². The number of allylic oxidation sites excluding steroid dienone is 1. The number of halogens is 1. The first-order valence-corrected chi connectivity index (χ1v) is 8.21. The summed E-state index contributed by atoms with van der Waals surface area (Å²) < 4.78 is 16.1. The minimum Gasteiger partial charge on any atom is -0.494 e. The molecule has 134 valence electrons. The number of carbonyl (C=O) groups excluding carboxylic acids is 1. The molecule has 0 saturated heterocycles. The number of ether oxygens (including phenoxy) is 3. The van der Waals surface area contributed by atoms with Crippen LogP contribution in [-0.2, 0) is 4.79 Å². The van der Waals surface area contributed by atoms with Gasteiger partial charge in [0.2, 0.25) is 5.78 Å². The number of rotatable bonds is 6. The van der Waals surface area contributed by atoms with E-state index in [4.69, 9.17) is 30.9 Å². The molecule has 3 rings (SSSR count). The van der Waals surface area contributed by atoms with Crippen LogP contribution >= 0.6 is 11.6 Å². The Morgan fingerprint density at radius 2 is 2.04 bits per heavy atom. The highest BCUT2D eigenvalue weighted by molar-refractivity contribution is 6.32. The third-order valence-electron chi connectivity index (χ3n) is 3.56. The molecule has 1 aliphatic rings. The standard InChI is InChI=1S/C19H15ClO6/c1-2-24-12-4-5-13-16(9-12)26-17(19(13)23)8-11-3-6-15(14(20)7-11)25-10-18(21)22/h3-9H,2,10H2,1H3,(H,21,22)/b17-8-. The quantitative estimate of drug-likeness (QED) is 0.774. The summed E-state index contributed by atoms with van der Waals surface area (Å²) in [5.41, 5.74) is 1.09. The number of Topliss-reactive ketones (excluding diaryl/α,β-unsaturated/α-hetero) is 1. The summed E-state index contributed by atoms with van der Waals surface area (Å²) in [5, 5.41) is 8.88. The molecule has 0 unspecified atom stereocenters. The molecule has 1 heterocycles. The summed E-state index contributed by atoms with van der Waals surface area (Å²) in [6.45, 7) is 1.90. The van der Waals surface area contributed by atoms with Gasteiger partial charge in [0, 0.05) is 6.07 Å². The van der Waals surface area contributed by atoms with Gasteiger partial charge in [0.05, 0.1) is 17.2 Å². The molecule has 1 N–H and O–H groups in total. The van der Waals surface area contributed by atoms with Crippen LogP contribution in [0.5, 0.6) is 17.2 Å². The van der Waals surface area contributed by atoms with Gasteiger partial charge in [-0.15, -0.1) is 0 Å². The number of fused-ring (bicyclic) bond motifs is 1. The molecule has 7 heteroatoms. The van der Waals surface area contributed by atoms with E-state index in [0.717, 1.165) is 0 Å². The first kappa shape index (κ1) is 17.8. The van der Waals surface area contributed by atoms with Crippen LogP contribution in [0.2, 0.25) is 5.02 Å². The van der Waals surface area contributed by atoms with E-state index >= 15 is 0 Å². The molecule has 26 heavy (non-hydrogen) atoms. The predicted molar refractivity (Wildman–Crippen MR) is 95.1 cm³/mol. The van der Waals surface area contributed by atoms with Gasteiger partial charge >= 0.3 is 5.97 Å². The number of hydrogen-bond acceptors (Lipinski definition) is 5. The molecule has 0 bridgehead atoms. The smallest absolute Gasteiger partial charge is 0.341 e. The lowest BCUT2D eigenvalue weighted by Gasteiger charge is -2.06. The number of aliphatic carboxylic acids is 1.